The molecule has 1 aromatic heterocycles. The summed E-state index contributed by atoms with van der Waals surface area (Å²) in [7, 11) is 0. The summed E-state index contributed by atoms with van der Waals surface area (Å²) in [6.07, 6.45) is 2.57. The molecule has 6 rings (SSSR count). The van der Waals surface area contributed by atoms with E-state index in [9.17, 15) is 14.4 Å². The molecule has 0 radical (unpaired) electrons. The first kappa shape index (κ1) is 25.0. The van der Waals surface area contributed by atoms with Crippen LogP contribution in [0.2, 0.25) is 0 Å². The van der Waals surface area contributed by atoms with Gasteiger partial charge in [0.2, 0.25) is 0 Å². The van der Waals surface area contributed by atoms with Gasteiger partial charge in [-0.2, -0.15) is 0 Å². The first-order chi connectivity index (χ1) is 19.6. The second-order valence-corrected chi connectivity index (χ2v) is 9.48. The van der Waals surface area contributed by atoms with Crippen LogP contribution in [0.5, 0.6) is 0 Å². The van der Waals surface area contributed by atoms with E-state index in [2.05, 4.69) is 11.1 Å². The number of imide groups is 2. The van der Waals surface area contributed by atoms with Gasteiger partial charge in [0.25, 0.3) is 11.8 Å². The third kappa shape index (κ3) is 4.58. The highest BCUT2D eigenvalue weighted by molar-refractivity contribution is 6.43. The van der Waals surface area contributed by atoms with Crippen LogP contribution in [0, 0.1) is 5.92 Å². The fourth-order valence-corrected chi connectivity index (χ4v) is 5.11. The number of aromatic amines is 1. The van der Waals surface area contributed by atoms with Gasteiger partial charge in [-0.25, -0.2) is 14.6 Å². The lowest BCUT2D eigenvalue weighted by molar-refractivity contribution is -0.129. The molecule has 40 heavy (non-hydrogen) atoms. The number of amides is 4. The Bertz CT molecular complexity index is 1650. The van der Waals surface area contributed by atoms with Crippen LogP contribution in [-0.2, 0) is 16.0 Å². The maximum absolute atomic E-state index is 14.1. The van der Waals surface area contributed by atoms with Crippen molar-refractivity contribution in [3.63, 3.8) is 0 Å². The average Bonchev–Trinajstić information content (AvgIpc) is 3.41. The Morgan fingerprint density at radius 2 is 1.20 bits per heavy atom. The van der Waals surface area contributed by atoms with Crippen molar-refractivity contribution >= 4 is 45.8 Å². The minimum atomic E-state index is -1.30. The molecule has 1 saturated heterocycles. The number of hydrogen-bond donors (Lipinski definition) is 1. The summed E-state index contributed by atoms with van der Waals surface area (Å²) < 4.78 is 0. The number of fused-ring (bicyclic) bond motifs is 1. The quantitative estimate of drug-likeness (QED) is 0.208. The minimum Gasteiger partial charge on any atom is -0.361 e. The van der Waals surface area contributed by atoms with Crippen molar-refractivity contribution < 1.29 is 14.4 Å². The van der Waals surface area contributed by atoms with Gasteiger partial charge in [-0.05, 0) is 47.9 Å². The molecular weight excluding hydrogens is 500 g/mol. The molecular formula is C33H26N4O3. The standard InChI is InChI=1S/C33H26N4O3/c38-31-29(32(39)37(26-16-8-3-9-17-26)33(40)36(31)25-14-6-2-7-15-25)30(23-12-4-1-5-13-23)34-21-20-24-22-35-28-19-11-10-18-27(24)28/h1-19,22,29,35H,20-21H2. The van der Waals surface area contributed by atoms with Crippen molar-refractivity contribution in [2.75, 3.05) is 16.3 Å². The molecule has 0 bridgehead atoms. The molecule has 1 aliphatic rings. The molecule has 4 amide bonds. The number of barbiturate groups is 1. The molecule has 7 nitrogen and oxygen atoms in total. The third-order valence-electron chi connectivity index (χ3n) is 7.03. The summed E-state index contributed by atoms with van der Waals surface area (Å²) >= 11 is 0. The van der Waals surface area contributed by atoms with Gasteiger partial charge in [0.15, 0.2) is 5.92 Å². The molecule has 7 heteroatoms. The van der Waals surface area contributed by atoms with Crippen LogP contribution in [0.25, 0.3) is 10.9 Å². The Balaban J connectivity index is 1.43. The number of benzene rings is 4. The smallest absolute Gasteiger partial charge is 0.342 e. The molecule has 1 aliphatic heterocycles. The number of nitrogens with one attached hydrogen (secondary N) is 1. The van der Waals surface area contributed by atoms with Gasteiger partial charge in [-0.3, -0.25) is 14.6 Å². The van der Waals surface area contributed by atoms with E-state index in [0.717, 1.165) is 26.3 Å². The predicted octanol–water partition coefficient (Wildman–Crippen LogP) is 6.02. The van der Waals surface area contributed by atoms with Crippen LogP contribution < -0.4 is 9.80 Å². The van der Waals surface area contributed by atoms with Gasteiger partial charge in [-0.15, -0.1) is 0 Å². The Morgan fingerprint density at radius 3 is 1.80 bits per heavy atom. The van der Waals surface area contributed by atoms with Gasteiger partial charge in [0, 0.05) is 23.6 Å². The number of nitrogens with zero attached hydrogens (tertiary/aromatic N) is 3. The lowest BCUT2D eigenvalue weighted by Gasteiger charge is -2.37. The first-order valence-corrected chi connectivity index (χ1v) is 13.1. The number of H-pyrrole nitrogens is 1. The van der Waals surface area contributed by atoms with E-state index in [0.29, 0.717) is 35.6 Å². The zero-order valence-corrected chi connectivity index (χ0v) is 21.6. The molecule has 0 aliphatic carbocycles. The van der Waals surface area contributed by atoms with Crippen molar-refractivity contribution in [2.24, 2.45) is 10.9 Å². The largest absolute Gasteiger partial charge is 0.361 e. The van der Waals surface area contributed by atoms with Crippen LogP contribution in [0.15, 0.2) is 126 Å². The average molecular weight is 527 g/mol. The summed E-state index contributed by atoms with van der Waals surface area (Å²) in [5.74, 6) is -2.55. The topological polar surface area (TPSA) is 85.8 Å². The normalized spacial score (nSPS) is 14.8. The summed E-state index contributed by atoms with van der Waals surface area (Å²) in [5.41, 5.74) is 3.91. The number of carbonyl (C=O) groups excluding carboxylic acids is 3. The molecule has 2 heterocycles. The van der Waals surface area contributed by atoms with E-state index < -0.39 is 23.8 Å². The summed E-state index contributed by atoms with van der Waals surface area (Å²) in [4.78, 5) is 52.2. The molecule has 5 aromatic rings. The van der Waals surface area contributed by atoms with E-state index in [-0.39, 0.29) is 0 Å². The molecule has 0 saturated carbocycles. The molecule has 4 aromatic carbocycles. The molecule has 1 N–H and O–H groups in total. The molecule has 196 valence electrons. The summed E-state index contributed by atoms with van der Waals surface area (Å²) in [6, 6.07) is 33.9. The summed E-state index contributed by atoms with van der Waals surface area (Å²) in [6.45, 7) is 0.355. The number of para-hydroxylation sites is 3. The predicted molar refractivity (Wildman–Crippen MR) is 157 cm³/mol. The van der Waals surface area contributed by atoms with E-state index in [1.165, 1.54) is 0 Å². The van der Waals surface area contributed by atoms with Gasteiger partial charge in [0.1, 0.15) is 0 Å². The second-order valence-electron chi connectivity index (χ2n) is 9.48. The Morgan fingerprint density at radius 1 is 0.675 bits per heavy atom. The van der Waals surface area contributed by atoms with E-state index in [1.54, 1.807) is 48.5 Å². The number of aliphatic imine (C=N–C) groups is 1. The van der Waals surface area contributed by atoms with E-state index in [1.807, 2.05) is 66.9 Å². The Kier molecular flexibility index (Phi) is 6.77. The highest BCUT2D eigenvalue weighted by Crippen LogP contribution is 2.31. The van der Waals surface area contributed by atoms with Crippen molar-refractivity contribution in [3.8, 4) is 0 Å². The number of anilines is 2. The number of carbonyl (C=O) groups is 3. The van der Waals surface area contributed by atoms with E-state index in [4.69, 9.17) is 4.99 Å². The van der Waals surface area contributed by atoms with Gasteiger partial charge < -0.3 is 4.98 Å². The number of rotatable bonds is 7. The minimum absolute atomic E-state index is 0.338. The molecule has 0 unspecified atom stereocenters. The molecule has 0 atom stereocenters. The second kappa shape index (κ2) is 10.8. The van der Waals surface area contributed by atoms with Crippen molar-refractivity contribution in [2.45, 2.75) is 6.42 Å². The molecule has 1 fully saturated rings. The van der Waals surface area contributed by atoms with E-state index >= 15 is 0 Å². The zero-order valence-electron chi connectivity index (χ0n) is 21.6. The fraction of sp³-hybridized carbons (Fsp3) is 0.0909. The van der Waals surface area contributed by atoms with Gasteiger partial charge in [0.05, 0.1) is 17.1 Å². The van der Waals surface area contributed by atoms with Crippen LogP contribution >= 0.6 is 0 Å². The lowest BCUT2D eigenvalue weighted by Crippen LogP contribution is -2.62. The van der Waals surface area contributed by atoms with Crippen LogP contribution in [-0.4, -0.2) is 35.1 Å². The third-order valence-corrected chi connectivity index (χ3v) is 7.03. The first-order valence-electron chi connectivity index (χ1n) is 13.1. The number of hydrogen-bond acceptors (Lipinski definition) is 4. The maximum Gasteiger partial charge on any atom is 0.342 e. The summed E-state index contributed by atoms with van der Waals surface area (Å²) in [5, 5.41) is 1.11. The SMILES string of the molecule is O=C1C(C(=NCCc2c[nH]c3ccccc23)c2ccccc2)C(=O)N(c2ccccc2)C(=O)N1c1ccccc1. The van der Waals surface area contributed by atoms with Crippen molar-refractivity contribution in [3.05, 3.63) is 133 Å². The lowest BCUT2D eigenvalue weighted by atomic mass is 9.91. The number of aromatic nitrogens is 1. The van der Waals surface area contributed by atoms with Gasteiger partial charge in [-0.1, -0.05) is 84.9 Å². The van der Waals surface area contributed by atoms with Crippen LogP contribution in [0.4, 0.5) is 16.2 Å². The Hall–Kier alpha value is -5.30. The van der Waals surface area contributed by atoms with Crippen molar-refractivity contribution in [1.82, 2.24) is 4.98 Å². The Labute approximate surface area is 231 Å². The monoisotopic (exact) mass is 526 g/mol. The highest BCUT2D eigenvalue weighted by atomic mass is 16.2. The van der Waals surface area contributed by atoms with Gasteiger partial charge >= 0.3 is 6.03 Å². The van der Waals surface area contributed by atoms with Crippen LogP contribution in [0.1, 0.15) is 11.1 Å². The zero-order chi connectivity index (χ0) is 27.5. The van der Waals surface area contributed by atoms with Crippen LogP contribution in [0.3, 0.4) is 0 Å². The van der Waals surface area contributed by atoms with Crippen molar-refractivity contribution in [1.29, 1.82) is 0 Å². The maximum atomic E-state index is 14.1. The fourth-order valence-electron chi connectivity index (χ4n) is 5.11. The number of urea groups is 1. The molecule has 0 spiro atoms. The highest BCUT2D eigenvalue weighted by Gasteiger charge is 2.49.